The molecule has 2 heteroatoms. The van der Waals surface area contributed by atoms with E-state index in [0.717, 1.165) is 12.3 Å². The van der Waals surface area contributed by atoms with E-state index >= 15 is 0 Å². The third kappa shape index (κ3) is 11.8. The molecule has 0 spiro atoms. The van der Waals surface area contributed by atoms with E-state index in [2.05, 4.69) is 0 Å². The van der Waals surface area contributed by atoms with Crippen molar-refractivity contribution in [3.05, 3.63) is 0 Å². The lowest BCUT2D eigenvalue weighted by Gasteiger charge is -1.65. The topological polar surface area (TPSA) is 0 Å². The molecule has 0 saturated heterocycles. The third-order valence-electron chi connectivity index (χ3n) is 0.189. The molecule has 0 aliphatic carbocycles. The molecule has 0 bridgehead atoms. The van der Waals surface area contributed by atoms with Gasteiger partial charge in [-0.1, -0.05) is 6.92 Å². The first-order valence-electron chi connectivity index (χ1n) is 1.47. The van der Waals surface area contributed by atoms with Gasteiger partial charge >= 0.3 is 0 Å². The van der Waals surface area contributed by atoms with Gasteiger partial charge in [0.1, 0.15) is 0 Å². The second kappa shape index (κ2) is 8.83. The van der Waals surface area contributed by atoms with Crippen molar-refractivity contribution in [2.75, 3.05) is 5.88 Å². The van der Waals surface area contributed by atoms with E-state index in [1.165, 1.54) is 0 Å². The van der Waals surface area contributed by atoms with Gasteiger partial charge in [0.15, 0.2) is 0 Å². The van der Waals surface area contributed by atoms with E-state index < -0.39 is 0 Å². The van der Waals surface area contributed by atoms with Crippen molar-refractivity contribution >= 4 is 21.5 Å². The molecule has 0 amide bonds. The molecule has 0 aromatic carbocycles. The molecule has 5 heavy (non-hydrogen) atoms. The molecule has 1 unspecified atom stereocenters. The largest absolute Gasteiger partial charge is 0.153 e. The van der Waals surface area contributed by atoms with Gasteiger partial charge in [-0.15, -0.1) is 11.6 Å². The van der Waals surface area contributed by atoms with Crippen LogP contribution in [0.2, 0.25) is 0 Å². The summed E-state index contributed by atoms with van der Waals surface area (Å²) in [4.78, 5) is 0. The molecule has 0 fully saturated rings. The molecule has 0 aliphatic rings. The Bertz CT molecular complexity index is 8.85. The fraction of sp³-hybridized carbons (Fsp3) is 1.00. The summed E-state index contributed by atoms with van der Waals surface area (Å²) in [6.07, 6.45) is 1.08. The molecule has 0 N–H and O–H groups in total. The van der Waals surface area contributed by atoms with Crippen LogP contribution in [0, 0.1) is 0 Å². The zero-order valence-electron chi connectivity index (χ0n) is 3.50. The molecule has 0 radical (unpaired) electrons. The van der Waals surface area contributed by atoms with Crippen LogP contribution in [-0.2, 0) is 0 Å². The average Bonchev–Trinajstić information content (AvgIpc) is 1.37. The summed E-state index contributed by atoms with van der Waals surface area (Å²) < 4.78 is 0. The summed E-state index contributed by atoms with van der Waals surface area (Å²) in [5.74, 6) is 0.792. The Balaban J connectivity index is 0. The second-order valence-electron chi connectivity index (χ2n) is 0.689. The summed E-state index contributed by atoms with van der Waals surface area (Å²) in [6, 6.07) is 0. The molecule has 34 valence electrons. The minimum atomic E-state index is 0. The highest BCUT2D eigenvalue weighted by atomic mass is 35.5. The Hall–Kier alpha value is 0.720. The van der Waals surface area contributed by atoms with E-state index in [-0.39, 0.29) is 9.90 Å². The van der Waals surface area contributed by atoms with Crippen LogP contribution in [-0.4, -0.2) is 5.88 Å². The summed E-state index contributed by atoms with van der Waals surface area (Å²) in [7, 11) is 0. The van der Waals surface area contributed by atoms with Crippen LogP contribution < -0.4 is 0 Å². The highest BCUT2D eigenvalue weighted by Crippen LogP contribution is 1.75. The van der Waals surface area contributed by atoms with E-state index in [1.807, 2.05) is 6.92 Å². The van der Waals surface area contributed by atoms with Crippen LogP contribution in [0.4, 0.5) is 0 Å². The monoisotopic (exact) mass is 112 g/mol. The summed E-state index contributed by atoms with van der Waals surface area (Å²) in [5, 5.41) is 0. The first kappa shape index (κ1) is 9.21. The molecule has 0 rings (SSSR count). The van der Waals surface area contributed by atoms with Crippen molar-refractivity contribution < 1.29 is 0 Å². The van der Waals surface area contributed by atoms with Gasteiger partial charge in [-0.3, -0.25) is 0 Å². The molecule has 0 heterocycles. The van der Waals surface area contributed by atoms with E-state index in [1.54, 1.807) is 0 Å². The first-order valence-corrected chi connectivity index (χ1v) is 2.01. The van der Waals surface area contributed by atoms with Crippen LogP contribution in [0.15, 0.2) is 0 Å². The van der Waals surface area contributed by atoms with Crippen molar-refractivity contribution in [2.24, 2.45) is 0 Å². The van der Waals surface area contributed by atoms with Gasteiger partial charge in [0.05, 0.1) is 0 Å². The number of halogens is 1. The van der Waals surface area contributed by atoms with Crippen LogP contribution in [0.1, 0.15) is 13.3 Å². The predicted molar refractivity (Wildman–Crippen MR) is 32.1 cm³/mol. The number of rotatable bonds is 1. The van der Waals surface area contributed by atoms with Crippen LogP contribution >= 0.6 is 21.5 Å². The zero-order valence-corrected chi connectivity index (χ0v) is 5.67. The smallest absolute Gasteiger partial charge is 0.0220 e. The normalized spacial score (nSPS) is 6.00. The van der Waals surface area contributed by atoms with E-state index in [4.69, 9.17) is 11.6 Å². The molecule has 0 aromatic rings. The lowest BCUT2D eigenvalue weighted by atomic mass is 10.6. The SMILES string of the molecule is CCCCl.P. The van der Waals surface area contributed by atoms with Gasteiger partial charge in [-0.25, -0.2) is 0 Å². The summed E-state index contributed by atoms with van der Waals surface area (Å²) in [5.41, 5.74) is 0. The fourth-order valence-electron chi connectivity index (χ4n) is 0. The Morgan fingerprint density at radius 3 is 1.80 bits per heavy atom. The highest BCUT2D eigenvalue weighted by Gasteiger charge is 1.59. The van der Waals surface area contributed by atoms with Gasteiger partial charge in [-0.05, 0) is 6.42 Å². The van der Waals surface area contributed by atoms with Gasteiger partial charge in [0.2, 0.25) is 0 Å². The number of hydrogen-bond donors (Lipinski definition) is 0. The Morgan fingerprint density at radius 2 is 1.80 bits per heavy atom. The van der Waals surface area contributed by atoms with Crippen molar-refractivity contribution in [2.45, 2.75) is 13.3 Å². The maximum Gasteiger partial charge on any atom is 0.0220 e. The summed E-state index contributed by atoms with van der Waals surface area (Å²) in [6.45, 7) is 2.05. The second-order valence-corrected chi connectivity index (χ2v) is 1.07. The minimum absolute atomic E-state index is 0. The third-order valence-corrected chi connectivity index (χ3v) is 0.567. The van der Waals surface area contributed by atoms with Crippen LogP contribution in [0.3, 0.4) is 0 Å². The molecule has 0 saturated carbocycles. The quantitative estimate of drug-likeness (QED) is 0.358. The van der Waals surface area contributed by atoms with Gasteiger partial charge in [-0.2, -0.15) is 9.90 Å². The Kier molecular flexibility index (Phi) is 16.3. The van der Waals surface area contributed by atoms with Crippen molar-refractivity contribution in [1.29, 1.82) is 0 Å². The van der Waals surface area contributed by atoms with Gasteiger partial charge in [0.25, 0.3) is 0 Å². The number of hydrogen-bond acceptors (Lipinski definition) is 0. The van der Waals surface area contributed by atoms with E-state index in [9.17, 15) is 0 Å². The lowest BCUT2D eigenvalue weighted by Crippen LogP contribution is -1.55. The van der Waals surface area contributed by atoms with E-state index in [0.29, 0.717) is 0 Å². The molecular weight excluding hydrogens is 102 g/mol. The maximum atomic E-state index is 5.19. The fourth-order valence-corrected chi connectivity index (χ4v) is 0. The lowest BCUT2D eigenvalue weighted by molar-refractivity contribution is 1.10. The van der Waals surface area contributed by atoms with Gasteiger partial charge in [0, 0.05) is 5.88 Å². The predicted octanol–water partition coefficient (Wildman–Crippen LogP) is 1.69. The van der Waals surface area contributed by atoms with Crippen LogP contribution in [0.5, 0.6) is 0 Å². The average molecular weight is 113 g/mol. The van der Waals surface area contributed by atoms with Crippen LogP contribution in [0.25, 0.3) is 0 Å². The molecule has 0 nitrogen and oxygen atoms in total. The Labute approximate surface area is 41.5 Å². The summed E-state index contributed by atoms with van der Waals surface area (Å²) >= 11 is 5.19. The highest BCUT2D eigenvalue weighted by molar-refractivity contribution is 6.92. The van der Waals surface area contributed by atoms with Crippen molar-refractivity contribution in [3.63, 3.8) is 0 Å². The molecule has 0 aromatic heterocycles. The first-order chi connectivity index (χ1) is 1.91. The van der Waals surface area contributed by atoms with Crippen molar-refractivity contribution in [1.82, 2.24) is 0 Å². The molecular formula is C3H10ClP. The minimum Gasteiger partial charge on any atom is -0.153 e. The number of alkyl halides is 1. The standard InChI is InChI=1S/C3H7Cl.H3P/c1-2-3-4;/h2-3H2,1H3;1H3. The zero-order chi connectivity index (χ0) is 3.41. The maximum absolute atomic E-state index is 5.19. The molecule has 0 aliphatic heterocycles. The van der Waals surface area contributed by atoms with Gasteiger partial charge < -0.3 is 0 Å². The van der Waals surface area contributed by atoms with Crippen molar-refractivity contribution in [3.8, 4) is 0 Å². The molecule has 1 atom stereocenters. The Morgan fingerprint density at radius 1 is 1.60 bits per heavy atom.